The fourth-order valence-corrected chi connectivity index (χ4v) is 4.69. The Bertz CT molecular complexity index is 1300. The van der Waals surface area contributed by atoms with Gasteiger partial charge in [0.2, 0.25) is 0 Å². The first-order chi connectivity index (χ1) is 16.9. The number of thiophene rings is 1. The van der Waals surface area contributed by atoms with Gasteiger partial charge in [0.1, 0.15) is 0 Å². The second kappa shape index (κ2) is 10.6. The van der Waals surface area contributed by atoms with Crippen LogP contribution >= 0.6 is 11.3 Å². The Hall–Kier alpha value is -3.89. The number of aliphatic hydroxyl groups excluding tert-OH is 1. The van der Waals surface area contributed by atoms with Gasteiger partial charge >= 0.3 is 0 Å². The summed E-state index contributed by atoms with van der Waals surface area (Å²) in [5, 5.41) is 18.3. The summed E-state index contributed by atoms with van der Waals surface area (Å²) in [5.74, 6) is -0.753. The van der Waals surface area contributed by atoms with Crippen molar-refractivity contribution in [2.24, 2.45) is 0 Å². The number of imidazole rings is 1. The molecule has 0 aliphatic carbocycles. The molecule has 0 aliphatic heterocycles. The average Bonchev–Trinajstić information content (AvgIpc) is 3.52. The molecule has 2 aromatic carbocycles. The van der Waals surface area contributed by atoms with Gasteiger partial charge in [0.05, 0.1) is 17.1 Å². The largest absolute Gasteiger partial charge is 0.381 e. The van der Waals surface area contributed by atoms with Gasteiger partial charge in [-0.1, -0.05) is 6.07 Å². The van der Waals surface area contributed by atoms with E-state index >= 15 is 0 Å². The molecule has 0 spiro atoms. The number of nitrogens with two attached hydrogens (primary N) is 1. The Kier molecular flexibility index (Phi) is 7.33. The van der Waals surface area contributed by atoms with Crippen LogP contribution < -0.4 is 21.3 Å². The molecule has 10 heteroatoms. The molecule has 0 bridgehead atoms. The fraction of sp³-hybridized carbons (Fsp3) is 0.240. The van der Waals surface area contributed by atoms with Gasteiger partial charge in [0, 0.05) is 34.9 Å². The topological polar surface area (TPSA) is 136 Å². The molecular weight excluding hydrogens is 464 g/mol. The number of hydrogen-bond donors (Lipinski definition) is 5. The van der Waals surface area contributed by atoms with E-state index in [4.69, 9.17) is 5.73 Å². The number of aliphatic hydroxyl groups is 1. The zero-order valence-electron chi connectivity index (χ0n) is 19.5. The van der Waals surface area contributed by atoms with E-state index in [1.807, 2.05) is 17.5 Å². The van der Waals surface area contributed by atoms with Crippen molar-refractivity contribution in [1.29, 1.82) is 0 Å². The van der Waals surface area contributed by atoms with Crippen LogP contribution in [0.15, 0.2) is 60.0 Å². The van der Waals surface area contributed by atoms with Gasteiger partial charge in [-0.05, 0) is 67.8 Å². The zero-order chi connectivity index (χ0) is 24.9. The van der Waals surface area contributed by atoms with Gasteiger partial charge in [-0.25, -0.2) is 4.98 Å². The van der Waals surface area contributed by atoms with Crippen LogP contribution in [0.2, 0.25) is 0 Å². The van der Waals surface area contributed by atoms with Crippen molar-refractivity contribution in [1.82, 2.24) is 15.3 Å². The minimum atomic E-state index is -1.52. The molecule has 4 aromatic rings. The van der Waals surface area contributed by atoms with Crippen LogP contribution in [0.1, 0.15) is 35.1 Å². The summed E-state index contributed by atoms with van der Waals surface area (Å²) in [6.07, 6.45) is -1.52. The van der Waals surface area contributed by atoms with Crippen LogP contribution in [0.25, 0.3) is 11.0 Å². The maximum atomic E-state index is 13.0. The highest BCUT2D eigenvalue weighted by Gasteiger charge is 2.30. The molecule has 4 rings (SSSR count). The van der Waals surface area contributed by atoms with E-state index in [2.05, 4.69) is 39.3 Å². The Morgan fingerprint density at radius 2 is 1.89 bits per heavy atom. The number of amides is 2. The second-order valence-corrected chi connectivity index (χ2v) is 8.95. The summed E-state index contributed by atoms with van der Waals surface area (Å²) in [5.41, 5.74) is 8.94. The SMILES string of the molecule is CCN(CC)c1ccc(C(=O)NC(c2cccs2)C(O)C(=O)Nc2ccc3nc(N)[nH]c3c2)cc1. The molecule has 0 radical (unpaired) electrons. The van der Waals surface area contributed by atoms with Gasteiger partial charge < -0.3 is 31.4 Å². The summed E-state index contributed by atoms with van der Waals surface area (Å²) < 4.78 is 0. The number of fused-ring (bicyclic) bond motifs is 1. The van der Waals surface area contributed by atoms with Gasteiger partial charge in [-0.15, -0.1) is 11.3 Å². The first-order valence-electron chi connectivity index (χ1n) is 11.3. The maximum Gasteiger partial charge on any atom is 0.255 e. The molecule has 35 heavy (non-hydrogen) atoms. The van der Waals surface area contributed by atoms with E-state index in [0.29, 0.717) is 27.2 Å². The van der Waals surface area contributed by atoms with E-state index in [1.165, 1.54) is 11.3 Å². The number of rotatable bonds is 9. The van der Waals surface area contributed by atoms with Crippen molar-refractivity contribution in [3.05, 3.63) is 70.4 Å². The van der Waals surface area contributed by atoms with E-state index in [9.17, 15) is 14.7 Å². The lowest BCUT2D eigenvalue weighted by Crippen LogP contribution is -2.42. The lowest BCUT2D eigenvalue weighted by Gasteiger charge is -2.23. The zero-order valence-corrected chi connectivity index (χ0v) is 20.3. The molecule has 2 amide bonds. The number of aromatic nitrogens is 2. The molecule has 2 heterocycles. The Morgan fingerprint density at radius 3 is 2.54 bits per heavy atom. The number of nitrogen functional groups attached to an aromatic ring is 1. The van der Waals surface area contributed by atoms with Crippen molar-refractivity contribution in [3.63, 3.8) is 0 Å². The molecule has 0 aliphatic rings. The first-order valence-corrected chi connectivity index (χ1v) is 12.2. The summed E-state index contributed by atoms with van der Waals surface area (Å²) in [4.78, 5) is 35.8. The summed E-state index contributed by atoms with van der Waals surface area (Å²) in [6.45, 7) is 5.88. The predicted molar refractivity (Wildman–Crippen MR) is 140 cm³/mol. The number of aromatic amines is 1. The first kappa shape index (κ1) is 24.2. The monoisotopic (exact) mass is 492 g/mol. The quantitative estimate of drug-likeness (QED) is 0.242. The molecule has 6 N–H and O–H groups in total. The molecule has 2 atom stereocenters. The average molecular weight is 493 g/mol. The van der Waals surface area contributed by atoms with Crippen LogP contribution in [0, 0.1) is 0 Å². The summed E-state index contributed by atoms with van der Waals surface area (Å²) >= 11 is 1.35. The molecule has 182 valence electrons. The highest BCUT2D eigenvalue weighted by atomic mass is 32.1. The van der Waals surface area contributed by atoms with Crippen molar-refractivity contribution in [3.8, 4) is 0 Å². The maximum absolute atomic E-state index is 13.0. The molecule has 9 nitrogen and oxygen atoms in total. The summed E-state index contributed by atoms with van der Waals surface area (Å²) in [7, 11) is 0. The number of hydrogen-bond acceptors (Lipinski definition) is 7. The molecule has 2 unspecified atom stereocenters. The number of benzene rings is 2. The van der Waals surface area contributed by atoms with Crippen molar-refractivity contribution in [2.75, 3.05) is 29.0 Å². The Balaban J connectivity index is 1.50. The number of carbonyl (C=O) groups excluding carboxylic acids is 2. The lowest BCUT2D eigenvalue weighted by atomic mass is 10.1. The highest BCUT2D eigenvalue weighted by molar-refractivity contribution is 7.10. The number of anilines is 3. The third kappa shape index (κ3) is 5.44. The van der Waals surface area contributed by atoms with Crippen LogP contribution in [0.5, 0.6) is 0 Å². The number of nitrogens with zero attached hydrogens (tertiary/aromatic N) is 2. The summed E-state index contributed by atoms with van der Waals surface area (Å²) in [6, 6.07) is 15.0. The normalized spacial score (nSPS) is 12.8. The highest BCUT2D eigenvalue weighted by Crippen LogP contribution is 2.25. The number of carbonyl (C=O) groups is 2. The second-order valence-electron chi connectivity index (χ2n) is 7.97. The van der Waals surface area contributed by atoms with Gasteiger partial charge in [0.15, 0.2) is 12.1 Å². The standard InChI is InChI=1S/C25H28N6O3S/c1-3-31(4-2)17-10-7-15(8-11-17)23(33)30-21(20-6-5-13-35-20)22(32)24(34)27-16-9-12-18-19(14-16)29-25(26)28-18/h5-14,21-22,32H,3-4H2,1-2H3,(H,27,34)(H,30,33)(H3,26,28,29). The van der Waals surface area contributed by atoms with Crippen LogP contribution in [-0.4, -0.2) is 46.1 Å². The Morgan fingerprint density at radius 1 is 1.14 bits per heavy atom. The van der Waals surface area contributed by atoms with E-state index in [-0.39, 0.29) is 11.9 Å². The lowest BCUT2D eigenvalue weighted by molar-refractivity contribution is -0.125. The van der Waals surface area contributed by atoms with Gasteiger partial charge in [0.25, 0.3) is 11.8 Å². The molecule has 2 aromatic heterocycles. The predicted octanol–water partition coefficient (Wildman–Crippen LogP) is 3.52. The van der Waals surface area contributed by atoms with Crippen LogP contribution in [0.4, 0.5) is 17.3 Å². The minimum absolute atomic E-state index is 0.272. The third-order valence-corrected chi connectivity index (χ3v) is 6.70. The number of H-pyrrole nitrogens is 1. The Labute approximate surface area is 207 Å². The molecular formula is C25H28N6O3S. The van der Waals surface area contributed by atoms with Gasteiger partial charge in [-0.3, -0.25) is 9.59 Å². The van der Waals surface area contributed by atoms with Gasteiger partial charge in [-0.2, -0.15) is 0 Å². The molecule has 0 saturated heterocycles. The van der Waals surface area contributed by atoms with E-state index in [0.717, 1.165) is 18.8 Å². The molecule has 0 fully saturated rings. The van der Waals surface area contributed by atoms with Crippen molar-refractivity contribution < 1.29 is 14.7 Å². The van der Waals surface area contributed by atoms with Crippen molar-refractivity contribution in [2.45, 2.75) is 26.0 Å². The fourth-order valence-electron chi connectivity index (χ4n) is 3.89. The van der Waals surface area contributed by atoms with E-state index in [1.54, 1.807) is 42.5 Å². The van der Waals surface area contributed by atoms with Crippen molar-refractivity contribution >= 4 is 51.5 Å². The third-order valence-electron chi connectivity index (χ3n) is 5.75. The number of nitrogens with one attached hydrogen (secondary N) is 3. The minimum Gasteiger partial charge on any atom is -0.381 e. The smallest absolute Gasteiger partial charge is 0.255 e. The van der Waals surface area contributed by atoms with E-state index < -0.39 is 18.1 Å². The molecule has 0 saturated carbocycles. The van der Waals surface area contributed by atoms with Crippen LogP contribution in [-0.2, 0) is 4.79 Å². The van der Waals surface area contributed by atoms with Crippen LogP contribution in [0.3, 0.4) is 0 Å².